The van der Waals surface area contributed by atoms with Gasteiger partial charge in [0.15, 0.2) is 0 Å². The first-order valence-corrected chi connectivity index (χ1v) is 4.12. The molecule has 1 aromatic carbocycles. The molecule has 0 radical (unpaired) electrons. The molecule has 0 aliphatic carbocycles. The van der Waals surface area contributed by atoms with Crippen molar-refractivity contribution < 1.29 is 0 Å². The van der Waals surface area contributed by atoms with Crippen molar-refractivity contribution in [2.45, 2.75) is 13.8 Å². The lowest BCUT2D eigenvalue weighted by Gasteiger charge is -1.99. The number of benzene rings is 1. The van der Waals surface area contributed by atoms with Gasteiger partial charge in [-0.25, -0.2) is 0 Å². The lowest BCUT2D eigenvalue weighted by atomic mass is 10.1. The van der Waals surface area contributed by atoms with E-state index in [-0.39, 0.29) is 0 Å². The van der Waals surface area contributed by atoms with Crippen LogP contribution in [-0.2, 0) is 0 Å². The molecule has 0 heteroatoms. The summed E-state index contributed by atoms with van der Waals surface area (Å²) >= 11 is 0. The third-order valence-corrected chi connectivity index (χ3v) is 1.79. The van der Waals surface area contributed by atoms with Crippen LogP contribution in [0.5, 0.6) is 0 Å². The summed E-state index contributed by atoms with van der Waals surface area (Å²) in [7, 11) is 0. The predicted octanol–water partition coefficient (Wildman–Crippen LogP) is 3.58. The van der Waals surface area contributed by atoms with Gasteiger partial charge in [-0.05, 0) is 25.0 Å². The van der Waals surface area contributed by atoms with Gasteiger partial charge in [-0.15, -0.1) is 0 Å². The standard InChI is InChI=1S/C12H14/c1-4-5-11(3)12-8-6-10(2)7-9-12/h4-9H,3H2,1-2H3/b5-4-. The van der Waals surface area contributed by atoms with Crippen molar-refractivity contribution in [3.8, 4) is 0 Å². The normalized spacial score (nSPS) is 10.5. The Morgan fingerprint density at radius 3 is 2.33 bits per heavy atom. The number of allylic oxidation sites excluding steroid dienone is 3. The van der Waals surface area contributed by atoms with Crippen molar-refractivity contribution in [3.05, 3.63) is 54.1 Å². The van der Waals surface area contributed by atoms with Gasteiger partial charge in [0.25, 0.3) is 0 Å². The average Bonchev–Trinajstić information content (AvgIpc) is 2.06. The fourth-order valence-electron chi connectivity index (χ4n) is 1.07. The Balaban J connectivity index is 2.90. The van der Waals surface area contributed by atoms with Gasteiger partial charge < -0.3 is 0 Å². The maximum Gasteiger partial charge on any atom is -0.0190 e. The fraction of sp³-hybridized carbons (Fsp3) is 0.167. The predicted molar refractivity (Wildman–Crippen MR) is 55.0 cm³/mol. The van der Waals surface area contributed by atoms with E-state index in [9.17, 15) is 0 Å². The Bertz CT molecular complexity index is 288. The van der Waals surface area contributed by atoms with Crippen molar-refractivity contribution in [2.75, 3.05) is 0 Å². The zero-order valence-corrected chi connectivity index (χ0v) is 7.67. The summed E-state index contributed by atoms with van der Waals surface area (Å²) in [6, 6.07) is 8.39. The minimum Gasteiger partial charge on any atom is -0.0912 e. The number of hydrogen-bond donors (Lipinski definition) is 0. The van der Waals surface area contributed by atoms with Crippen molar-refractivity contribution in [1.82, 2.24) is 0 Å². The highest BCUT2D eigenvalue weighted by Gasteiger charge is 1.92. The third-order valence-electron chi connectivity index (χ3n) is 1.79. The van der Waals surface area contributed by atoms with E-state index >= 15 is 0 Å². The van der Waals surface area contributed by atoms with Gasteiger partial charge in [-0.3, -0.25) is 0 Å². The smallest absolute Gasteiger partial charge is 0.0190 e. The molecule has 0 saturated carbocycles. The van der Waals surface area contributed by atoms with Crippen LogP contribution in [0.1, 0.15) is 18.1 Å². The second-order valence-electron chi connectivity index (χ2n) is 2.89. The van der Waals surface area contributed by atoms with Crippen molar-refractivity contribution in [2.24, 2.45) is 0 Å². The zero-order chi connectivity index (χ0) is 8.97. The molecule has 62 valence electrons. The largest absolute Gasteiger partial charge is 0.0912 e. The Labute approximate surface area is 74.2 Å². The zero-order valence-electron chi connectivity index (χ0n) is 7.67. The van der Waals surface area contributed by atoms with Crippen LogP contribution in [0.4, 0.5) is 0 Å². The number of aryl methyl sites for hydroxylation is 1. The monoisotopic (exact) mass is 158 g/mol. The van der Waals surface area contributed by atoms with Gasteiger partial charge in [0.05, 0.1) is 0 Å². The van der Waals surface area contributed by atoms with Gasteiger partial charge >= 0.3 is 0 Å². The molecule has 0 heterocycles. The van der Waals surface area contributed by atoms with E-state index in [1.54, 1.807) is 0 Å². The summed E-state index contributed by atoms with van der Waals surface area (Å²) in [6.07, 6.45) is 4.02. The minimum atomic E-state index is 1.07. The molecule has 0 unspecified atom stereocenters. The SMILES string of the molecule is C=C(/C=C\C)c1ccc(C)cc1. The average molecular weight is 158 g/mol. The molecule has 0 N–H and O–H groups in total. The molecule has 0 nitrogen and oxygen atoms in total. The van der Waals surface area contributed by atoms with Gasteiger partial charge in [-0.2, -0.15) is 0 Å². The van der Waals surface area contributed by atoms with E-state index in [0.717, 1.165) is 5.57 Å². The Hall–Kier alpha value is -1.30. The van der Waals surface area contributed by atoms with Crippen LogP contribution in [0.3, 0.4) is 0 Å². The summed E-state index contributed by atoms with van der Waals surface area (Å²) in [4.78, 5) is 0. The molecule has 0 aromatic heterocycles. The van der Waals surface area contributed by atoms with E-state index in [0.29, 0.717) is 0 Å². The van der Waals surface area contributed by atoms with E-state index in [2.05, 4.69) is 37.8 Å². The molecule has 12 heavy (non-hydrogen) atoms. The maximum absolute atomic E-state index is 3.96. The highest BCUT2D eigenvalue weighted by Crippen LogP contribution is 2.13. The molecule has 1 aromatic rings. The molecule has 0 atom stereocenters. The highest BCUT2D eigenvalue weighted by atomic mass is 14.0. The molecule has 0 aliphatic rings. The van der Waals surface area contributed by atoms with Crippen molar-refractivity contribution in [1.29, 1.82) is 0 Å². The van der Waals surface area contributed by atoms with Crippen LogP contribution < -0.4 is 0 Å². The van der Waals surface area contributed by atoms with Gasteiger partial charge in [-0.1, -0.05) is 48.6 Å². The highest BCUT2D eigenvalue weighted by molar-refractivity contribution is 5.71. The van der Waals surface area contributed by atoms with E-state index < -0.39 is 0 Å². The lowest BCUT2D eigenvalue weighted by molar-refractivity contribution is 1.46. The first-order chi connectivity index (χ1) is 5.74. The van der Waals surface area contributed by atoms with Crippen molar-refractivity contribution in [3.63, 3.8) is 0 Å². The van der Waals surface area contributed by atoms with Gasteiger partial charge in [0.2, 0.25) is 0 Å². The number of rotatable bonds is 2. The molecule has 0 amide bonds. The lowest BCUT2D eigenvalue weighted by Crippen LogP contribution is -1.78. The second kappa shape index (κ2) is 3.91. The molecule has 0 aliphatic heterocycles. The van der Waals surface area contributed by atoms with Gasteiger partial charge in [0, 0.05) is 0 Å². The molecule has 1 rings (SSSR count). The molecule has 0 fully saturated rings. The van der Waals surface area contributed by atoms with E-state index in [4.69, 9.17) is 0 Å². The molecular weight excluding hydrogens is 144 g/mol. The summed E-state index contributed by atoms with van der Waals surface area (Å²) in [5, 5.41) is 0. The summed E-state index contributed by atoms with van der Waals surface area (Å²) in [5.41, 5.74) is 3.54. The fourth-order valence-corrected chi connectivity index (χ4v) is 1.07. The molecule has 0 spiro atoms. The van der Waals surface area contributed by atoms with Gasteiger partial charge in [0.1, 0.15) is 0 Å². The molecule has 0 bridgehead atoms. The van der Waals surface area contributed by atoms with Crippen molar-refractivity contribution >= 4 is 5.57 Å². The topological polar surface area (TPSA) is 0 Å². The first kappa shape index (κ1) is 8.79. The Morgan fingerprint density at radius 1 is 1.25 bits per heavy atom. The van der Waals surface area contributed by atoms with Crippen LogP contribution in [0.25, 0.3) is 5.57 Å². The van der Waals surface area contributed by atoms with Crippen LogP contribution in [0.15, 0.2) is 43.0 Å². The summed E-state index contributed by atoms with van der Waals surface area (Å²) < 4.78 is 0. The quantitative estimate of drug-likeness (QED) is 0.577. The van der Waals surface area contributed by atoms with Crippen LogP contribution >= 0.6 is 0 Å². The summed E-state index contributed by atoms with van der Waals surface area (Å²) in [5.74, 6) is 0. The Morgan fingerprint density at radius 2 is 1.83 bits per heavy atom. The van der Waals surface area contributed by atoms with E-state index in [1.807, 2.05) is 19.1 Å². The third kappa shape index (κ3) is 2.09. The van der Waals surface area contributed by atoms with E-state index in [1.165, 1.54) is 11.1 Å². The molecular formula is C12H14. The summed E-state index contributed by atoms with van der Waals surface area (Å²) in [6.45, 7) is 8.04. The minimum absolute atomic E-state index is 1.07. The second-order valence-corrected chi connectivity index (χ2v) is 2.89. The maximum atomic E-state index is 3.96. The number of hydrogen-bond acceptors (Lipinski definition) is 0. The molecule has 0 saturated heterocycles. The Kier molecular flexibility index (Phi) is 2.87. The van der Waals surface area contributed by atoms with Crippen LogP contribution in [0, 0.1) is 6.92 Å². The van der Waals surface area contributed by atoms with Crippen LogP contribution in [0.2, 0.25) is 0 Å². The first-order valence-electron chi connectivity index (χ1n) is 4.12. The van der Waals surface area contributed by atoms with Crippen LogP contribution in [-0.4, -0.2) is 0 Å².